The van der Waals surface area contributed by atoms with Crippen molar-refractivity contribution in [2.45, 2.75) is 5.41 Å². The van der Waals surface area contributed by atoms with Crippen molar-refractivity contribution in [3.05, 3.63) is 235 Å². The van der Waals surface area contributed by atoms with Gasteiger partial charge in [0.1, 0.15) is 33.5 Å². The molecule has 0 aliphatic heterocycles. The predicted octanol–water partition coefficient (Wildman–Crippen LogP) is 16.6. The van der Waals surface area contributed by atoms with Crippen LogP contribution in [0.15, 0.2) is 226 Å². The van der Waals surface area contributed by atoms with Crippen LogP contribution in [0.3, 0.4) is 0 Å². The smallest absolute Gasteiger partial charge is 0.164 e. The fraction of sp³-hybridized carbons (Fsp3) is 0.0156. The Hall–Kier alpha value is -9.39. The second-order valence-corrected chi connectivity index (χ2v) is 18.5. The molecule has 0 amide bonds. The van der Waals surface area contributed by atoms with Gasteiger partial charge >= 0.3 is 0 Å². The Kier molecular flexibility index (Phi) is 7.45. The summed E-state index contributed by atoms with van der Waals surface area (Å²) >= 11 is 0. The summed E-state index contributed by atoms with van der Waals surface area (Å²) in [6.45, 7) is 0. The molecular weight excluding hydrogens is 859 g/mol. The summed E-state index contributed by atoms with van der Waals surface area (Å²) in [5.41, 5.74) is 19.4. The average molecular weight is 894 g/mol. The highest BCUT2D eigenvalue weighted by atomic mass is 16.3. The zero-order chi connectivity index (χ0) is 45.7. The fourth-order valence-corrected chi connectivity index (χ4v) is 12.1. The Balaban J connectivity index is 0.922. The second kappa shape index (κ2) is 13.8. The van der Waals surface area contributed by atoms with Crippen molar-refractivity contribution < 1.29 is 13.3 Å². The van der Waals surface area contributed by atoms with Gasteiger partial charge in [-0.25, -0.2) is 15.0 Å². The lowest BCUT2D eigenvalue weighted by Gasteiger charge is -2.30. The summed E-state index contributed by atoms with van der Waals surface area (Å²) in [7, 11) is 0. The highest BCUT2D eigenvalue weighted by molar-refractivity contribution is 6.15. The molecule has 16 rings (SSSR count). The Morgan fingerprint density at radius 3 is 1.11 bits per heavy atom. The molecule has 2 aliphatic rings. The van der Waals surface area contributed by atoms with E-state index < -0.39 is 5.41 Å². The van der Waals surface area contributed by atoms with Gasteiger partial charge in [0, 0.05) is 49.0 Å². The molecule has 2 aliphatic carbocycles. The van der Waals surface area contributed by atoms with Gasteiger partial charge in [-0.15, -0.1) is 0 Å². The zero-order valence-corrected chi connectivity index (χ0v) is 37.3. The third-order valence-corrected chi connectivity index (χ3v) is 15.0. The molecular formula is C64H35N3O3. The van der Waals surface area contributed by atoms with Crippen LogP contribution in [0, 0.1) is 0 Å². The molecule has 0 atom stereocenters. The first-order valence-corrected chi connectivity index (χ1v) is 23.7. The molecule has 10 aromatic carbocycles. The topological polar surface area (TPSA) is 78.1 Å². The van der Waals surface area contributed by atoms with E-state index in [0.717, 1.165) is 93.6 Å². The van der Waals surface area contributed by atoms with Crippen molar-refractivity contribution in [1.82, 2.24) is 15.0 Å². The van der Waals surface area contributed by atoms with Gasteiger partial charge in [-0.2, -0.15) is 0 Å². The standard InChI is InChI=1S/C64H35N3O3/c1-6-22-48-38(14-1)39-15-2-7-23-49(39)64(48)50-24-8-3-16-40(50)41-32-30-37(35-51(41)64)36-31-33-54-47(34-36)60-46(21-13-29-57(60)70-54)63-66-61(44-19-11-27-55-58(44)42-17-4-9-25-52(42)68-55)65-62(67-63)45-20-12-28-56-59(45)43-18-5-10-26-53(43)69-56/h1-35H. The minimum absolute atomic E-state index is 0.441. The lowest BCUT2D eigenvalue weighted by atomic mass is 9.70. The number of hydrogen-bond acceptors (Lipinski definition) is 6. The Morgan fingerprint density at radius 1 is 0.257 bits per heavy atom. The quantitative estimate of drug-likeness (QED) is 0.175. The molecule has 4 aromatic heterocycles. The summed E-state index contributed by atoms with van der Waals surface area (Å²) in [5.74, 6) is 1.61. The summed E-state index contributed by atoms with van der Waals surface area (Å²) in [4.78, 5) is 16.1. The van der Waals surface area contributed by atoms with Crippen molar-refractivity contribution >= 4 is 65.8 Å². The van der Waals surface area contributed by atoms with Gasteiger partial charge in [0.05, 0.1) is 5.41 Å². The Labute approximate surface area is 399 Å². The molecule has 6 heteroatoms. The molecule has 324 valence electrons. The van der Waals surface area contributed by atoms with E-state index in [0.29, 0.717) is 17.5 Å². The number of para-hydroxylation sites is 2. The van der Waals surface area contributed by atoms with Crippen molar-refractivity contribution in [1.29, 1.82) is 0 Å². The van der Waals surface area contributed by atoms with Gasteiger partial charge in [-0.05, 0) is 104 Å². The lowest BCUT2D eigenvalue weighted by Crippen LogP contribution is -2.25. The van der Waals surface area contributed by atoms with Crippen LogP contribution in [-0.2, 0) is 5.41 Å². The summed E-state index contributed by atoms with van der Waals surface area (Å²) < 4.78 is 19.5. The molecule has 0 bridgehead atoms. The molecule has 6 nitrogen and oxygen atoms in total. The van der Waals surface area contributed by atoms with Crippen LogP contribution in [0.4, 0.5) is 0 Å². The van der Waals surface area contributed by atoms with Gasteiger partial charge in [0.15, 0.2) is 17.5 Å². The maximum Gasteiger partial charge on any atom is 0.164 e. The maximum absolute atomic E-state index is 6.70. The zero-order valence-electron chi connectivity index (χ0n) is 37.3. The fourth-order valence-electron chi connectivity index (χ4n) is 12.1. The summed E-state index contributed by atoms with van der Waals surface area (Å²) in [6.07, 6.45) is 0. The monoisotopic (exact) mass is 893 g/mol. The van der Waals surface area contributed by atoms with Crippen LogP contribution in [-0.4, -0.2) is 15.0 Å². The normalized spacial score (nSPS) is 13.3. The summed E-state index contributed by atoms with van der Waals surface area (Å²) in [5, 5.41) is 5.81. The molecule has 0 radical (unpaired) electrons. The molecule has 0 N–H and O–H groups in total. The van der Waals surface area contributed by atoms with Crippen LogP contribution in [0.25, 0.3) is 133 Å². The number of benzene rings is 10. The number of hydrogen-bond donors (Lipinski definition) is 0. The number of rotatable bonds is 4. The molecule has 4 heterocycles. The van der Waals surface area contributed by atoms with E-state index in [1.807, 2.05) is 72.8 Å². The number of furan rings is 3. The predicted molar refractivity (Wildman–Crippen MR) is 280 cm³/mol. The van der Waals surface area contributed by atoms with Crippen LogP contribution in [0.2, 0.25) is 0 Å². The SMILES string of the molecule is c1ccc2c(c1)-c1ccccc1C21c2ccccc2-c2ccc(-c3ccc4oc5cccc(-c6nc(-c7cccc8oc9ccccc9c78)nc(-c7cccc8oc9ccccc9c78)n6)c5c4c3)cc21. The molecule has 70 heavy (non-hydrogen) atoms. The largest absolute Gasteiger partial charge is 0.456 e. The highest BCUT2D eigenvalue weighted by Crippen LogP contribution is 2.63. The van der Waals surface area contributed by atoms with Crippen LogP contribution < -0.4 is 0 Å². The highest BCUT2D eigenvalue weighted by Gasteiger charge is 2.51. The van der Waals surface area contributed by atoms with E-state index in [-0.39, 0.29) is 0 Å². The van der Waals surface area contributed by atoms with Gasteiger partial charge < -0.3 is 13.3 Å². The number of aromatic nitrogens is 3. The van der Waals surface area contributed by atoms with Crippen LogP contribution in [0.1, 0.15) is 22.3 Å². The van der Waals surface area contributed by atoms with Crippen LogP contribution in [0.5, 0.6) is 0 Å². The van der Waals surface area contributed by atoms with E-state index in [1.165, 1.54) is 44.5 Å². The van der Waals surface area contributed by atoms with Crippen LogP contribution >= 0.6 is 0 Å². The second-order valence-electron chi connectivity index (χ2n) is 18.5. The van der Waals surface area contributed by atoms with Gasteiger partial charge in [-0.3, -0.25) is 0 Å². The van der Waals surface area contributed by atoms with E-state index in [9.17, 15) is 0 Å². The molecule has 14 aromatic rings. The van der Waals surface area contributed by atoms with E-state index in [4.69, 9.17) is 28.2 Å². The van der Waals surface area contributed by atoms with Gasteiger partial charge in [-0.1, -0.05) is 164 Å². The lowest BCUT2D eigenvalue weighted by molar-refractivity contribution is 0.668. The van der Waals surface area contributed by atoms with Gasteiger partial charge in [0.25, 0.3) is 0 Å². The van der Waals surface area contributed by atoms with Crippen molar-refractivity contribution in [2.24, 2.45) is 0 Å². The van der Waals surface area contributed by atoms with E-state index >= 15 is 0 Å². The molecule has 0 saturated carbocycles. The van der Waals surface area contributed by atoms with Crippen molar-refractivity contribution in [2.75, 3.05) is 0 Å². The third kappa shape index (κ3) is 4.98. The third-order valence-electron chi connectivity index (χ3n) is 15.0. The first kappa shape index (κ1) is 37.7. The van der Waals surface area contributed by atoms with Crippen molar-refractivity contribution in [3.8, 4) is 67.5 Å². The number of fused-ring (bicyclic) bond motifs is 19. The van der Waals surface area contributed by atoms with E-state index in [1.54, 1.807) is 0 Å². The maximum atomic E-state index is 6.70. The number of nitrogens with zero attached hydrogens (tertiary/aromatic N) is 3. The molecule has 0 unspecified atom stereocenters. The van der Waals surface area contributed by atoms with E-state index in [2.05, 4.69) is 140 Å². The Bertz CT molecular complexity index is 4380. The Morgan fingerprint density at radius 2 is 0.614 bits per heavy atom. The minimum Gasteiger partial charge on any atom is -0.456 e. The first-order valence-electron chi connectivity index (χ1n) is 23.7. The average Bonchev–Trinajstić information content (AvgIpc) is 4.23. The van der Waals surface area contributed by atoms with Gasteiger partial charge in [0.2, 0.25) is 0 Å². The first-order chi connectivity index (χ1) is 34.7. The minimum atomic E-state index is -0.441. The molecule has 0 saturated heterocycles. The molecule has 0 fully saturated rings. The summed E-state index contributed by atoms with van der Waals surface area (Å²) in [6, 6.07) is 75.0. The molecule has 1 spiro atoms. The van der Waals surface area contributed by atoms with Crippen molar-refractivity contribution in [3.63, 3.8) is 0 Å².